The van der Waals surface area contributed by atoms with E-state index in [9.17, 15) is 0 Å². The Morgan fingerprint density at radius 3 is 2.00 bits per heavy atom. The number of aryl methyl sites for hydroxylation is 2. The first-order valence-electron chi connectivity index (χ1n) is 9.58. The molecule has 1 aliphatic carbocycles. The van der Waals surface area contributed by atoms with Crippen molar-refractivity contribution >= 4 is 15.6 Å². The van der Waals surface area contributed by atoms with Gasteiger partial charge in [0.1, 0.15) is 0 Å². The molecule has 0 saturated heterocycles. The van der Waals surface area contributed by atoms with Crippen LogP contribution in [0.3, 0.4) is 0 Å². The van der Waals surface area contributed by atoms with Crippen LogP contribution in [0.4, 0.5) is 0 Å². The number of allylic oxidation sites excluding steroid dienone is 1. The molecule has 2 aromatic rings. The second-order valence-electron chi connectivity index (χ2n) is 8.90. The lowest BCUT2D eigenvalue weighted by Gasteiger charge is -2.27. The van der Waals surface area contributed by atoms with Crippen LogP contribution >= 0.6 is 0 Å². The lowest BCUT2D eigenvalue weighted by atomic mass is 9.78. The molecule has 1 heteroatoms. The van der Waals surface area contributed by atoms with Crippen molar-refractivity contribution < 1.29 is 0 Å². The zero-order valence-electron chi connectivity index (χ0n) is 17.2. The van der Waals surface area contributed by atoms with Crippen molar-refractivity contribution in [2.75, 3.05) is 0 Å². The van der Waals surface area contributed by atoms with Crippen LogP contribution in [0, 0.1) is 20.8 Å². The molecular formula is C24H32Si. The molecule has 25 heavy (non-hydrogen) atoms. The third-order valence-corrected chi connectivity index (χ3v) is 7.58. The lowest BCUT2D eigenvalue weighted by Crippen LogP contribution is -2.16. The highest BCUT2D eigenvalue weighted by Gasteiger charge is 2.29. The SMILES string of the molecule is C[SiH2]C1C(C)=Cc2c1cc(C(C)(C)C)c(C)c2-c1cc(C)cc(C)c1. The summed E-state index contributed by atoms with van der Waals surface area (Å²) in [6.07, 6.45) is 2.48. The molecule has 3 rings (SSSR count). The van der Waals surface area contributed by atoms with Crippen LogP contribution in [-0.2, 0) is 5.41 Å². The molecule has 1 unspecified atom stereocenters. The number of hydrogen-bond acceptors (Lipinski definition) is 0. The molecule has 0 heterocycles. The fraction of sp³-hybridized carbons (Fsp3) is 0.417. The first-order valence-corrected chi connectivity index (χ1v) is 11.8. The van der Waals surface area contributed by atoms with E-state index < -0.39 is 0 Å². The van der Waals surface area contributed by atoms with Crippen molar-refractivity contribution in [3.05, 3.63) is 63.2 Å². The van der Waals surface area contributed by atoms with E-state index in [1.807, 2.05) is 0 Å². The topological polar surface area (TPSA) is 0 Å². The smallest absolute Gasteiger partial charge is 0.0308 e. The highest BCUT2D eigenvalue weighted by Crippen LogP contribution is 2.45. The van der Waals surface area contributed by atoms with Gasteiger partial charge in [0, 0.05) is 9.52 Å². The molecule has 0 N–H and O–H groups in total. The van der Waals surface area contributed by atoms with Crippen molar-refractivity contribution in [2.24, 2.45) is 0 Å². The van der Waals surface area contributed by atoms with Gasteiger partial charge in [0.2, 0.25) is 0 Å². The van der Waals surface area contributed by atoms with E-state index in [1.54, 1.807) is 11.1 Å². The van der Waals surface area contributed by atoms with Gasteiger partial charge in [-0.15, -0.1) is 0 Å². The Balaban J connectivity index is 2.39. The Bertz CT molecular complexity index is 842. The standard InChI is InChI=1S/C24H32Si/c1-14-9-15(2)11-18(10-14)22-17(4)21(24(5,6)7)13-20-19(22)12-16(3)23(20)25-8/h9-13,23H,25H2,1-8H3. The number of hydrogen-bond donors (Lipinski definition) is 0. The molecule has 0 radical (unpaired) electrons. The number of fused-ring (bicyclic) bond motifs is 1. The summed E-state index contributed by atoms with van der Waals surface area (Å²) >= 11 is 0. The number of rotatable bonds is 2. The summed E-state index contributed by atoms with van der Waals surface area (Å²) in [5, 5.41) is 0. The molecule has 0 fully saturated rings. The van der Waals surface area contributed by atoms with Crippen molar-refractivity contribution in [2.45, 2.75) is 66.0 Å². The summed E-state index contributed by atoms with van der Waals surface area (Å²) in [4.78, 5) is 0. The highest BCUT2D eigenvalue weighted by molar-refractivity contribution is 6.38. The van der Waals surface area contributed by atoms with Crippen LogP contribution in [0.2, 0.25) is 6.55 Å². The van der Waals surface area contributed by atoms with Gasteiger partial charge >= 0.3 is 0 Å². The third kappa shape index (κ3) is 3.15. The average Bonchev–Trinajstić information content (AvgIpc) is 2.79. The minimum Gasteiger partial charge on any atom is -0.0740 e. The fourth-order valence-corrected chi connectivity index (χ4v) is 6.19. The van der Waals surface area contributed by atoms with E-state index >= 15 is 0 Å². The lowest BCUT2D eigenvalue weighted by molar-refractivity contribution is 0.585. The molecule has 0 aromatic heterocycles. The van der Waals surface area contributed by atoms with Crippen LogP contribution < -0.4 is 0 Å². The zero-order chi connectivity index (χ0) is 18.5. The Morgan fingerprint density at radius 1 is 0.880 bits per heavy atom. The molecule has 1 atom stereocenters. The monoisotopic (exact) mass is 348 g/mol. The van der Waals surface area contributed by atoms with Gasteiger partial charge in [-0.25, -0.2) is 0 Å². The number of benzene rings is 2. The maximum Gasteiger partial charge on any atom is 0.0308 e. The van der Waals surface area contributed by atoms with Gasteiger partial charge in [-0.2, -0.15) is 0 Å². The largest absolute Gasteiger partial charge is 0.0740 e. The first-order chi connectivity index (χ1) is 11.6. The molecule has 0 amide bonds. The van der Waals surface area contributed by atoms with Gasteiger partial charge in [-0.3, -0.25) is 0 Å². The third-order valence-electron chi connectivity index (χ3n) is 5.68. The minimum atomic E-state index is -0.118. The van der Waals surface area contributed by atoms with Gasteiger partial charge in [0.05, 0.1) is 0 Å². The minimum absolute atomic E-state index is 0.118. The molecule has 132 valence electrons. The molecular weight excluding hydrogens is 316 g/mol. The van der Waals surface area contributed by atoms with E-state index in [4.69, 9.17) is 0 Å². The van der Waals surface area contributed by atoms with Crippen molar-refractivity contribution in [3.63, 3.8) is 0 Å². The summed E-state index contributed by atoms with van der Waals surface area (Å²) in [5.41, 5.74) is 14.1. The Kier molecular flexibility index (Phi) is 4.57. The van der Waals surface area contributed by atoms with Crippen molar-refractivity contribution in [1.29, 1.82) is 0 Å². The Hall–Kier alpha value is -1.60. The van der Waals surface area contributed by atoms with Gasteiger partial charge in [-0.05, 0) is 72.0 Å². The second kappa shape index (κ2) is 6.28. The fourth-order valence-electron chi connectivity index (χ4n) is 4.65. The van der Waals surface area contributed by atoms with Gasteiger partial charge in [0.15, 0.2) is 0 Å². The van der Waals surface area contributed by atoms with Gasteiger partial charge < -0.3 is 0 Å². The Morgan fingerprint density at radius 2 is 1.48 bits per heavy atom. The average molecular weight is 349 g/mol. The maximum atomic E-state index is 2.53. The van der Waals surface area contributed by atoms with Gasteiger partial charge in [0.25, 0.3) is 0 Å². The van der Waals surface area contributed by atoms with E-state index in [0.717, 1.165) is 0 Å². The normalized spacial score (nSPS) is 17.3. The summed E-state index contributed by atoms with van der Waals surface area (Å²) in [6.45, 7) is 18.6. The predicted octanol–water partition coefficient (Wildman–Crippen LogP) is 6.25. The highest BCUT2D eigenvalue weighted by atomic mass is 28.2. The van der Waals surface area contributed by atoms with Crippen LogP contribution in [0.5, 0.6) is 0 Å². The van der Waals surface area contributed by atoms with Crippen molar-refractivity contribution in [3.8, 4) is 11.1 Å². The molecule has 0 saturated carbocycles. The Labute approximate surface area is 156 Å². The zero-order valence-corrected chi connectivity index (χ0v) is 18.6. The quantitative estimate of drug-likeness (QED) is 0.563. The van der Waals surface area contributed by atoms with Crippen molar-refractivity contribution in [1.82, 2.24) is 0 Å². The predicted molar refractivity (Wildman–Crippen MR) is 116 cm³/mol. The summed E-state index contributed by atoms with van der Waals surface area (Å²) < 4.78 is 0. The maximum absolute atomic E-state index is 2.53. The van der Waals surface area contributed by atoms with Crippen LogP contribution in [0.15, 0.2) is 29.8 Å². The van der Waals surface area contributed by atoms with Crippen LogP contribution in [0.25, 0.3) is 17.2 Å². The summed E-state index contributed by atoms with van der Waals surface area (Å²) in [7, 11) is -0.118. The van der Waals surface area contributed by atoms with Crippen LogP contribution in [0.1, 0.15) is 66.6 Å². The second-order valence-corrected chi connectivity index (χ2v) is 10.5. The molecule has 0 bridgehead atoms. The van der Waals surface area contributed by atoms with E-state index in [1.165, 1.54) is 38.9 Å². The van der Waals surface area contributed by atoms with E-state index in [0.29, 0.717) is 5.54 Å². The van der Waals surface area contributed by atoms with Crippen LogP contribution in [-0.4, -0.2) is 9.52 Å². The molecule has 0 nitrogen and oxygen atoms in total. The molecule has 1 aliphatic rings. The summed E-state index contributed by atoms with van der Waals surface area (Å²) in [5.74, 6) is 0. The molecule has 2 aromatic carbocycles. The molecule has 0 spiro atoms. The first kappa shape index (κ1) is 18.2. The summed E-state index contributed by atoms with van der Waals surface area (Å²) in [6, 6.07) is 9.53. The van der Waals surface area contributed by atoms with E-state index in [2.05, 4.69) is 85.4 Å². The van der Waals surface area contributed by atoms with Gasteiger partial charge in [-0.1, -0.05) is 74.4 Å². The molecule has 0 aliphatic heterocycles. The van der Waals surface area contributed by atoms with E-state index in [-0.39, 0.29) is 14.9 Å².